The van der Waals surface area contributed by atoms with Crippen molar-refractivity contribution in [1.82, 2.24) is 10.6 Å². The molecule has 1 unspecified atom stereocenters. The predicted octanol–water partition coefficient (Wildman–Crippen LogP) is 0.527. The van der Waals surface area contributed by atoms with Crippen LogP contribution in [-0.4, -0.2) is 38.3 Å². The molecule has 1 amide bonds. The average Bonchev–Trinajstić information content (AvgIpc) is 2.98. The SMILES string of the molecule is CCOC(C)CNCC(=O)NCC1CC1. The lowest BCUT2D eigenvalue weighted by molar-refractivity contribution is -0.120. The summed E-state index contributed by atoms with van der Waals surface area (Å²) in [5, 5.41) is 5.98. The van der Waals surface area contributed by atoms with Crippen molar-refractivity contribution in [1.29, 1.82) is 0 Å². The largest absolute Gasteiger partial charge is 0.377 e. The number of carbonyl (C=O) groups excluding carboxylic acids is 1. The van der Waals surface area contributed by atoms with Crippen LogP contribution in [0.3, 0.4) is 0 Å². The highest BCUT2D eigenvalue weighted by Gasteiger charge is 2.21. The lowest BCUT2D eigenvalue weighted by atomic mass is 10.4. The molecular weight excluding hydrogens is 192 g/mol. The number of hydrogen-bond donors (Lipinski definition) is 2. The summed E-state index contributed by atoms with van der Waals surface area (Å²) in [4.78, 5) is 11.3. The summed E-state index contributed by atoms with van der Waals surface area (Å²) in [6.07, 6.45) is 2.72. The summed E-state index contributed by atoms with van der Waals surface area (Å²) in [5.41, 5.74) is 0. The molecule has 1 aliphatic rings. The van der Waals surface area contributed by atoms with E-state index in [2.05, 4.69) is 10.6 Å². The number of hydrogen-bond acceptors (Lipinski definition) is 3. The Morgan fingerprint density at radius 3 is 2.87 bits per heavy atom. The molecule has 0 radical (unpaired) electrons. The Bertz CT molecular complexity index is 193. The first-order valence-corrected chi connectivity index (χ1v) is 5.81. The summed E-state index contributed by atoms with van der Waals surface area (Å²) >= 11 is 0. The lowest BCUT2D eigenvalue weighted by Gasteiger charge is -2.12. The van der Waals surface area contributed by atoms with Crippen LogP contribution in [0, 0.1) is 5.92 Å². The van der Waals surface area contributed by atoms with Crippen LogP contribution < -0.4 is 10.6 Å². The van der Waals surface area contributed by atoms with Crippen molar-refractivity contribution in [2.45, 2.75) is 32.8 Å². The number of amides is 1. The molecular formula is C11H22N2O2. The Morgan fingerprint density at radius 1 is 1.53 bits per heavy atom. The second kappa shape index (κ2) is 6.80. The van der Waals surface area contributed by atoms with Crippen LogP contribution in [0.2, 0.25) is 0 Å². The average molecular weight is 214 g/mol. The van der Waals surface area contributed by atoms with Gasteiger partial charge < -0.3 is 15.4 Å². The molecule has 4 nitrogen and oxygen atoms in total. The topological polar surface area (TPSA) is 50.4 Å². The molecule has 0 saturated heterocycles. The van der Waals surface area contributed by atoms with E-state index in [9.17, 15) is 4.79 Å². The molecule has 88 valence electrons. The zero-order chi connectivity index (χ0) is 11.1. The Hall–Kier alpha value is -0.610. The van der Waals surface area contributed by atoms with Gasteiger partial charge in [-0.3, -0.25) is 4.79 Å². The third kappa shape index (κ3) is 6.47. The minimum absolute atomic E-state index is 0.0885. The third-order valence-electron chi connectivity index (χ3n) is 2.45. The van der Waals surface area contributed by atoms with Crippen molar-refractivity contribution in [3.63, 3.8) is 0 Å². The van der Waals surface area contributed by atoms with Crippen molar-refractivity contribution >= 4 is 5.91 Å². The van der Waals surface area contributed by atoms with Gasteiger partial charge in [0.1, 0.15) is 0 Å². The number of ether oxygens (including phenoxy) is 1. The second-order valence-electron chi connectivity index (χ2n) is 4.14. The van der Waals surface area contributed by atoms with Crippen molar-refractivity contribution in [2.24, 2.45) is 5.92 Å². The first-order chi connectivity index (χ1) is 7.22. The van der Waals surface area contributed by atoms with Gasteiger partial charge in [0.2, 0.25) is 5.91 Å². The molecule has 0 aromatic carbocycles. The molecule has 1 aliphatic carbocycles. The molecule has 0 heterocycles. The summed E-state index contributed by atoms with van der Waals surface area (Å²) in [6.45, 7) is 6.66. The first kappa shape index (κ1) is 12.5. The van der Waals surface area contributed by atoms with E-state index in [4.69, 9.17) is 4.74 Å². The van der Waals surface area contributed by atoms with Crippen molar-refractivity contribution < 1.29 is 9.53 Å². The van der Waals surface area contributed by atoms with Gasteiger partial charge in [-0.15, -0.1) is 0 Å². The Kier molecular flexibility index (Phi) is 5.65. The van der Waals surface area contributed by atoms with Crippen LogP contribution >= 0.6 is 0 Å². The van der Waals surface area contributed by atoms with Crippen molar-refractivity contribution in [3.8, 4) is 0 Å². The van der Waals surface area contributed by atoms with E-state index in [-0.39, 0.29) is 12.0 Å². The first-order valence-electron chi connectivity index (χ1n) is 5.81. The van der Waals surface area contributed by atoms with Crippen LogP contribution in [-0.2, 0) is 9.53 Å². The fourth-order valence-corrected chi connectivity index (χ4v) is 1.38. The monoisotopic (exact) mass is 214 g/mol. The smallest absolute Gasteiger partial charge is 0.233 e. The number of carbonyl (C=O) groups is 1. The van der Waals surface area contributed by atoms with Crippen LogP contribution in [0.1, 0.15) is 26.7 Å². The Morgan fingerprint density at radius 2 is 2.27 bits per heavy atom. The van der Waals surface area contributed by atoms with E-state index in [1.54, 1.807) is 0 Å². The molecule has 4 heteroatoms. The van der Waals surface area contributed by atoms with E-state index in [0.717, 1.165) is 25.6 Å². The number of rotatable bonds is 8. The predicted molar refractivity (Wildman–Crippen MR) is 59.7 cm³/mol. The Balaban J connectivity index is 1.91. The molecule has 1 saturated carbocycles. The zero-order valence-electron chi connectivity index (χ0n) is 9.71. The molecule has 0 aromatic heterocycles. The normalized spacial score (nSPS) is 17.5. The van der Waals surface area contributed by atoms with Gasteiger partial charge in [0.15, 0.2) is 0 Å². The Labute approximate surface area is 91.8 Å². The van der Waals surface area contributed by atoms with Crippen LogP contribution in [0.25, 0.3) is 0 Å². The summed E-state index contributed by atoms with van der Waals surface area (Å²) in [5.74, 6) is 0.835. The molecule has 0 spiro atoms. The third-order valence-corrected chi connectivity index (χ3v) is 2.45. The second-order valence-corrected chi connectivity index (χ2v) is 4.14. The summed E-state index contributed by atoms with van der Waals surface area (Å²) in [7, 11) is 0. The highest BCUT2D eigenvalue weighted by Crippen LogP contribution is 2.27. The molecule has 15 heavy (non-hydrogen) atoms. The van der Waals surface area contributed by atoms with Gasteiger partial charge in [-0.2, -0.15) is 0 Å². The molecule has 0 bridgehead atoms. The van der Waals surface area contributed by atoms with E-state index in [0.29, 0.717) is 6.54 Å². The van der Waals surface area contributed by atoms with Gasteiger partial charge in [0.05, 0.1) is 12.6 Å². The maximum atomic E-state index is 11.3. The maximum absolute atomic E-state index is 11.3. The van der Waals surface area contributed by atoms with Crippen molar-refractivity contribution in [3.05, 3.63) is 0 Å². The molecule has 0 aliphatic heterocycles. The molecule has 1 rings (SSSR count). The number of nitrogens with one attached hydrogen (secondary N) is 2. The van der Waals surface area contributed by atoms with Gasteiger partial charge in [0, 0.05) is 19.7 Å². The van der Waals surface area contributed by atoms with Crippen LogP contribution in [0.5, 0.6) is 0 Å². The quantitative estimate of drug-likeness (QED) is 0.619. The van der Waals surface area contributed by atoms with Crippen LogP contribution in [0.15, 0.2) is 0 Å². The standard InChI is InChI=1S/C11H22N2O2/c1-3-15-9(2)6-12-8-11(14)13-7-10-4-5-10/h9-10,12H,3-8H2,1-2H3,(H,13,14). The summed E-state index contributed by atoms with van der Waals surface area (Å²) in [6, 6.07) is 0. The minimum Gasteiger partial charge on any atom is -0.377 e. The van der Waals surface area contributed by atoms with Gasteiger partial charge in [-0.05, 0) is 32.6 Å². The van der Waals surface area contributed by atoms with Gasteiger partial charge in [-0.25, -0.2) is 0 Å². The van der Waals surface area contributed by atoms with Crippen molar-refractivity contribution in [2.75, 3.05) is 26.2 Å². The fraction of sp³-hybridized carbons (Fsp3) is 0.909. The molecule has 1 atom stereocenters. The van der Waals surface area contributed by atoms with Gasteiger partial charge in [0.25, 0.3) is 0 Å². The maximum Gasteiger partial charge on any atom is 0.233 e. The van der Waals surface area contributed by atoms with E-state index in [1.807, 2.05) is 13.8 Å². The fourth-order valence-electron chi connectivity index (χ4n) is 1.38. The minimum atomic E-state index is 0.0885. The van der Waals surface area contributed by atoms with Crippen LogP contribution in [0.4, 0.5) is 0 Å². The van der Waals surface area contributed by atoms with Gasteiger partial charge in [-0.1, -0.05) is 0 Å². The molecule has 2 N–H and O–H groups in total. The van der Waals surface area contributed by atoms with Gasteiger partial charge >= 0.3 is 0 Å². The highest BCUT2D eigenvalue weighted by atomic mass is 16.5. The van der Waals surface area contributed by atoms with E-state index in [1.165, 1.54) is 12.8 Å². The highest BCUT2D eigenvalue weighted by molar-refractivity contribution is 5.77. The summed E-state index contributed by atoms with van der Waals surface area (Å²) < 4.78 is 5.34. The zero-order valence-corrected chi connectivity index (χ0v) is 9.71. The lowest BCUT2D eigenvalue weighted by Crippen LogP contribution is -2.38. The molecule has 0 aromatic rings. The molecule has 1 fully saturated rings. The van der Waals surface area contributed by atoms with E-state index < -0.39 is 0 Å². The van der Waals surface area contributed by atoms with E-state index >= 15 is 0 Å².